The molecule has 2 N–H and O–H groups in total. The zero-order valence-electron chi connectivity index (χ0n) is 13.2. The van der Waals surface area contributed by atoms with Gasteiger partial charge in [-0.25, -0.2) is 9.78 Å². The van der Waals surface area contributed by atoms with E-state index in [1.165, 1.54) is 0 Å². The van der Waals surface area contributed by atoms with Crippen molar-refractivity contribution in [1.82, 2.24) is 20.5 Å². The van der Waals surface area contributed by atoms with Gasteiger partial charge >= 0.3 is 6.03 Å². The maximum absolute atomic E-state index is 11.8. The van der Waals surface area contributed by atoms with E-state index >= 15 is 0 Å². The molecule has 22 heavy (non-hydrogen) atoms. The Morgan fingerprint density at radius 1 is 1.45 bits per heavy atom. The number of ether oxygens (including phenoxy) is 2. The highest BCUT2D eigenvalue weighted by Gasteiger charge is 2.17. The second kappa shape index (κ2) is 8.55. The van der Waals surface area contributed by atoms with Gasteiger partial charge in [-0.2, -0.15) is 0 Å². The van der Waals surface area contributed by atoms with Crippen LogP contribution in [-0.4, -0.2) is 61.9 Å². The van der Waals surface area contributed by atoms with Crippen molar-refractivity contribution in [3.63, 3.8) is 0 Å². The summed E-state index contributed by atoms with van der Waals surface area (Å²) in [6.45, 7) is 6.53. The van der Waals surface area contributed by atoms with Crippen LogP contribution in [0.25, 0.3) is 0 Å². The molecule has 1 atom stereocenters. The molecule has 1 aromatic rings. The van der Waals surface area contributed by atoms with Crippen LogP contribution in [0.5, 0.6) is 5.88 Å². The van der Waals surface area contributed by atoms with Gasteiger partial charge < -0.3 is 20.1 Å². The maximum Gasteiger partial charge on any atom is 0.315 e. The number of rotatable bonds is 6. The van der Waals surface area contributed by atoms with Crippen molar-refractivity contribution in [3.8, 4) is 5.88 Å². The van der Waals surface area contributed by atoms with E-state index in [4.69, 9.17) is 9.47 Å². The summed E-state index contributed by atoms with van der Waals surface area (Å²) in [4.78, 5) is 18.2. The third-order valence-electron chi connectivity index (χ3n) is 3.69. The first-order valence-corrected chi connectivity index (χ1v) is 7.51. The molecule has 1 fully saturated rings. The lowest BCUT2D eigenvalue weighted by Gasteiger charge is -2.32. The lowest BCUT2D eigenvalue weighted by atomic mass is 10.2. The van der Waals surface area contributed by atoms with Gasteiger partial charge in [-0.15, -0.1) is 0 Å². The molecule has 0 aliphatic carbocycles. The van der Waals surface area contributed by atoms with E-state index in [-0.39, 0.29) is 6.03 Å². The van der Waals surface area contributed by atoms with Gasteiger partial charge in [0.05, 0.1) is 20.3 Å². The Kier molecular flexibility index (Phi) is 6.42. The number of hydrogen-bond donors (Lipinski definition) is 2. The third kappa shape index (κ3) is 5.16. The van der Waals surface area contributed by atoms with Gasteiger partial charge in [0.15, 0.2) is 0 Å². The van der Waals surface area contributed by atoms with Crippen LogP contribution >= 0.6 is 0 Å². The molecule has 1 aliphatic heterocycles. The molecule has 0 aromatic carbocycles. The molecule has 2 rings (SSSR count). The summed E-state index contributed by atoms with van der Waals surface area (Å²) >= 11 is 0. The predicted octanol–water partition coefficient (Wildman–Crippen LogP) is 0.610. The molecule has 1 aliphatic rings. The highest BCUT2D eigenvalue weighted by molar-refractivity contribution is 5.73. The smallest absolute Gasteiger partial charge is 0.315 e. The van der Waals surface area contributed by atoms with Crippen molar-refractivity contribution < 1.29 is 14.3 Å². The Morgan fingerprint density at radius 2 is 2.23 bits per heavy atom. The molecule has 1 saturated heterocycles. The van der Waals surface area contributed by atoms with Gasteiger partial charge in [-0.1, -0.05) is 0 Å². The minimum atomic E-state index is -0.170. The number of amides is 2. The van der Waals surface area contributed by atoms with Gasteiger partial charge in [-0.05, 0) is 18.6 Å². The molecule has 7 heteroatoms. The lowest BCUT2D eigenvalue weighted by molar-refractivity contribution is 0.0209. The van der Waals surface area contributed by atoms with E-state index in [1.54, 1.807) is 19.4 Å². The van der Waals surface area contributed by atoms with Gasteiger partial charge in [0.25, 0.3) is 0 Å². The SMILES string of the molecule is COc1cc(CNC(=O)NCC(C)N2CCOCC2)ccn1. The lowest BCUT2D eigenvalue weighted by Crippen LogP contribution is -2.48. The van der Waals surface area contributed by atoms with Crippen LogP contribution in [0.1, 0.15) is 12.5 Å². The largest absolute Gasteiger partial charge is 0.481 e. The van der Waals surface area contributed by atoms with E-state index in [2.05, 4.69) is 27.4 Å². The molecule has 0 saturated carbocycles. The van der Waals surface area contributed by atoms with Crippen molar-refractivity contribution in [2.75, 3.05) is 40.0 Å². The molecular formula is C15H24N4O3. The van der Waals surface area contributed by atoms with Crippen molar-refractivity contribution in [2.45, 2.75) is 19.5 Å². The Morgan fingerprint density at radius 3 is 2.95 bits per heavy atom. The average Bonchev–Trinajstić information content (AvgIpc) is 2.58. The van der Waals surface area contributed by atoms with Crippen molar-refractivity contribution in [1.29, 1.82) is 0 Å². The fourth-order valence-electron chi connectivity index (χ4n) is 2.30. The summed E-state index contributed by atoms with van der Waals surface area (Å²) in [6, 6.07) is 3.78. The van der Waals surface area contributed by atoms with Crippen LogP contribution in [-0.2, 0) is 11.3 Å². The third-order valence-corrected chi connectivity index (χ3v) is 3.69. The van der Waals surface area contributed by atoms with E-state index < -0.39 is 0 Å². The first-order valence-electron chi connectivity index (χ1n) is 7.51. The van der Waals surface area contributed by atoms with Crippen molar-refractivity contribution in [3.05, 3.63) is 23.9 Å². The molecule has 1 aromatic heterocycles. The van der Waals surface area contributed by atoms with Crippen molar-refractivity contribution >= 4 is 6.03 Å². The van der Waals surface area contributed by atoms with Crippen LogP contribution in [0.2, 0.25) is 0 Å². The number of nitrogens with zero attached hydrogens (tertiary/aromatic N) is 2. The number of carbonyl (C=O) groups is 1. The minimum absolute atomic E-state index is 0.170. The first kappa shape index (κ1) is 16.5. The number of nitrogens with one attached hydrogen (secondary N) is 2. The molecule has 2 amide bonds. The maximum atomic E-state index is 11.8. The summed E-state index contributed by atoms with van der Waals surface area (Å²) in [7, 11) is 1.57. The van der Waals surface area contributed by atoms with Gasteiger partial charge in [0.1, 0.15) is 0 Å². The molecule has 0 spiro atoms. The van der Waals surface area contributed by atoms with Crippen LogP contribution in [0.15, 0.2) is 18.3 Å². The summed E-state index contributed by atoms with van der Waals surface area (Å²) in [6.07, 6.45) is 1.66. The number of hydrogen-bond acceptors (Lipinski definition) is 5. The van der Waals surface area contributed by atoms with Gasteiger partial charge in [-0.3, -0.25) is 4.90 Å². The topological polar surface area (TPSA) is 75.7 Å². The van der Waals surface area contributed by atoms with E-state index in [1.807, 2.05) is 6.07 Å². The van der Waals surface area contributed by atoms with E-state index in [9.17, 15) is 4.79 Å². The monoisotopic (exact) mass is 308 g/mol. The molecule has 1 unspecified atom stereocenters. The van der Waals surface area contributed by atoms with Crippen molar-refractivity contribution in [2.24, 2.45) is 0 Å². The first-order chi connectivity index (χ1) is 10.7. The standard InChI is InChI=1S/C15H24N4O3/c1-12(19-5-7-22-8-6-19)10-17-15(20)18-11-13-3-4-16-14(9-13)21-2/h3-4,9,12H,5-8,10-11H2,1-2H3,(H2,17,18,20). The van der Waals surface area contributed by atoms with Gasteiger partial charge in [0, 0.05) is 44.5 Å². The summed E-state index contributed by atoms with van der Waals surface area (Å²) in [5.41, 5.74) is 0.947. The predicted molar refractivity (Wildman–Crippen MR) is 82.9 cm³/mol. The van der Waals surface area contributed by atoms with E-state index in [0.29, 0.717) is 25.0 Å². The Hall–Kier alpha value is -1.86. The molecule has 0 radical (unpaired) electrons. The number of pyridine rings is 1. The Labute approximate surface area is 131 Å². The average molecular weight is 308 g/mol. The molecule has 122 valence electrons. The Bertz CT molecular complexity index is 478. The van der Waals surface area contributed by atoms with Crippen LogP contribution in [0.3, 0.4) is 0 Å². The minimum Gasteiger partial charge on any atom is -0.481 e. The van der Waals surface area contributed by atoms with Crippen LogP contribution in [0.4, 0.5) is 4.79 Å². The fourth-order valence-corrected chi connectivity index (χ4v) is 2.30. The number of aromatic nitrogens is 1. The van der Waals surface area contributed by atoms with E-state index in [0.717, 1.165) is 31.9 Å². The highest BCUT2D eigenvalue weighted by Crippen LogP contribution is 2.08. The summed E-state index contributed by atoms with van der Waals surface area (Å²) < 4.78 is 10.4. The molecule has 0 bridgehead atoms. The summed E-state index contributed by atoms with van der Waals surface area (Å²) in [5, 5.41) is 5.73. The fraction of sp³-hybridized carbons (Fsp3) is 0.600. The van der Waals surface area contributed by atoms with Crippen LogP contribution in [0, 0.1) is 0 Å². The second-order valence-electron chi connectivity index (χ2n) is 5.27. The number of urea groups is 1. The second-order valence-corrected chi connectivity index (χ2v) is 5.27. The quantitative estimate of drug-likeness (QED) is 0.805. The Balaban J connectivity index is 1.68. The number of morpholine rings is 1. The summed E-state index contributed by atoms with van der Waals surface area (Å²) in [5.74, 6) is 0.542. The molecule has 2 heterocycles. The number of methoxy groups -OCH3 is 1. The van der Waals surface area contributed by atoms with Gasteiger partial charge in [0.2, 0.25) is 5.88 Å². The van der Waals surface area contributed by atoms with Crippen LogP contribution < -0.4 is 15.4 Å². The normalized spacial score (nSPS) is 16.8. The molecular weight excluding hydrogens is 284 g/mol. The zero-order chi connectivity index (χ0) is 15.8. The highest BCUT2D eigenvalue weighted by atomic mass is 16.5. The zero-order valence-corrected chi connectivity index (χ0v) is 13.2. The number of carbonyl (C=O) groups excluding carboxylic acids is 1. The molecule has 7 nitrogen and oxygen atoms in total.